The zero-order valence-electron chi connectivity index (χ0n) is 17.1. The molecule has 0 aliphatic heterocycles. The van der Waals surface area contributed by atoms with Crippen LogP contribution < -0.4 is 9.73 Å². The van der Waals surface area contributed by atoms with Crippen molar-refractivity contribution in [1.29, 1.82) is 0 Å². The van der Waals surface area contributed by atoms with Gasteiger partial charge in [0.1, 0.15) is 6.54 Å². The van der Waals surface area contributed by atoms with Crippen LogP contribution in [0.15, 0.2) is 113 Å². The van der Waals surface area contributed by atoms with Crippen molar-refractivity contribution in [3.63, 3.8) is 0 Å². The molecule has 0 heterocycles. The second-order valence-corrected chi connectivity index (χ2v) is 8.88. The molecule has 0 aromatic heterocycles. The highest BCUT2D eigenvalue weighted by molar-refractivity contribution is 7.92. The Morgan fingerprint density at radius 2 is 1.44 bits per heavy atom. The number of para-hydroxylation sites is 1. The fourth-order valence-corrected chi connectivity index (χ4v) is 4.77. The van der Waals surface area contributed by atoms with Crippen LogP contribution in [-0.2, 0) is 14.8 Å². The molecule has 0 radical (unpaired) electrons. The van der Waals surface area contributed by atoms with Crippen LogP contribution in [0.1, 0.15) is 5.56 Å². The fraction of sp³-hybridized carbons (Fsp3) is 0.0400. The summed E-state index contributed by atoms with van der Waals surface area (Å²) in [6, 6.07) is 30.2. The standard InChI is InChI=1S/C25H21N3O3S/c29-25(27-26-18-21-12-9-11-20-10-7-8-17-24(20)21)19-28(22-13-3-1-4-14-22)32(30,31)23-15-5-2-6-16-23/h1-18H,19H2,(H,27,29). The molecule has 0 bridgehead atoms. The van der Waals surface area contributed by atoms with Crippen LogP contribution in [-0.4, -0.2) is 27.1 Å². The predicted octanol–water partition coefficient (Wildman–Crippen LogP) is 4.19. The number of nitrogens with one attached hydrogen (secondary N) is 1. The van der Waals surface area contributed by atoms with E-state index in [0.29, 0.717) is 5.69 Å². The first kappa shape index (κ1) is 21.3. The molecule has 4 aromatic carbocycles. The molecule has 160 valence electrons. The van der Waals surface area contributed by atoms with E-state index in [9.17, 15) is 13.2 Å². The molecule has 6 nitrogen and oxygen atoms in total. The summed E-state index contributed by atoms with van der Waals surface area (Å²) in [6.07, 6.45) is 1.55. The normalized spacial score (nSPS) is 11.5. The molecular weight excluding hydrogens is 422 g/mol. The Labute approximate surface area is 186 Å². The van der Waals surface area contributed by atoms with Gasteiger partial charge in [-0.2, -0.15) is 5.10 Å². The van der Waals surface area contributed by atoms with E-state index in [1.165, 1.54) is 12.1 Å². The molecule has 4 rings (SSSR count). The number of hydrogen-bond acceptors (Lipinski definition) is 4. The van der Waals surface area contributed by atoms with E-state index in [-0.39, 0.29) is 4.90 Å². The lowest BCUT2D eigenvalue weighted by molar-refractivity contribution is -0.119. The van der Waals surface area contributed by atoms with Crippen LogP contribution in [0.4, 0.5) is 5.69 Å². The molecule has 0 aliphatic rings. The van der Waals surface area contributed by atoms with Gasteiger partial charge in [-0.15, -0.1) is 0 Å². The summed E-state index contributed by atoms with van der Waals surface area (Å²) in [5.41, 5.74) is 3.68. The van der Waals surface area contributed by atoms with Gasteiger partial charge in [0, 0.05) is 5.56 Å². The summed E-state index contributed by atoms with van der Waals surface area (Å²) < 4.78 is 27.5. The summed E-state index contributed by atoms with van der Waals surface area (Å²) in [6.45, 7) is -0.409. The van der Waals surface area contributed by atoms with Crippen LogP contribution in [0, 0.1) is 0 Å². The van der Waals surface area contributed by atoms with Crippen LogP contribution in [0.25, 0.3) is 10.8 Å². The average Bonchev–Trinajstić information content (AvgIpc) is 2.84. The molecule has 4 aromatic rings. The number of sulfonamides is 1. The maximum absolute atomic E-state index is 13.2. The van der Waals surface area contributed by atoms with Crippen LogP contribution in [0.5, 0.6) is 0 Å². The number of hydrazone groups is 1. The highest BCUT2D eigenvalue weighted by Gasteiger charge is 2.26. The molecule has 0 aliphatic carbocycles. The first-order valence-electron chi connectivity index (χ1n) is 9.98. The number of nitrogens with zero attached hydrogens (tertiary/aromatic N) is 2. The highest BCUT2D eigenvalue weighted by atomic mass is 32.2. The number of carbonyl (C=O) groups is 1. The van der Waals surface area contributed by atoms with Gasteiger partial charge >= 0.3 is 0 Å². The van der Waals surface area contributed by atoms with Gasteiger partial charge in [-0.3, -0.25) is 9.10 Å². The average molecular weight is 444 g/mol. The number of hydrogen-bond donors (Lipinski definition) is 1. The largest absolute Gasteiger partial charge is 0.271 e. The number of benzene rings is 4. The Morgan fingerprint density at radius 3 is 2.19 bits per heavy atom. The quantitative estimate of drug-likeness (QED) is 0.344. The minimum Gasteiger partial charge on any atom is -0.271 e. The molecule has 7 heteroatoms. The molecule has 32 heavy (non-hydrogen) atoms. The predicted molar refractivity (Wildman–Crippen MR) is 127 cm³/mol. The Kier molecular flexibility index (Phi) is 6.28. The van der Waals surface area contributed by atoms with Crippen molar-refractivity contribution in [1.82, 2.24) is 5.43 Å². The summed E-state index contributed by atoms with van der Waals surface area (Å²) in [5.74, 6) is -0.551. The van der Waals surface area contributed by atoms with E-state index in [1.807, 2.05) is 42.5 Å². The lowest BCUT2D eigenvalue weighted by atomic mass is 10.1. The molecule has 0 spiro atoms. The Morgan fingerprint density at radius 1 is 0.812 bits per heavy atom. The summed E-state index contributed by atoms with van der Waals surface area (Å²) in [4.78, 5) is 12.7. The van der Waals surface area contributed by atoms with Gasteiger partial charge < -0.3 is 0 Å². The van der Waals surface area contributed by atoms with E-state index in [0.717, 1.165) is 20.6 Å². The van der Waals surface area contributed by atoms with Crippen molar-refractivity contribution in [2.75, 3.05) is 10.8 Å². The Hall–Kier alpha value is -3.97. The first-order valence-corrected chi connectivity index (χ1v) is 11.4. The maximum Gasteiger partial charge on any atom is 0.264 e. The van der Waals surface area contributed by atoms with Crippen molar-refractivity contribution in [2.24, 2.45) is 5.10 Å². The summed E-state index contributed by atoms with van der Waals surface area (Å²) in [7, 11) is -3.93. The smallest absolute Gasteiger partial charge is 0.264 e. The fourth-order valence-electron chi connectivity index (χ4n) is 3.33. The van der Waals surface area contributed by atoms with Gasteiger partial charge in [0.15, 0.2) is 0 Å². The number of fused-ring (bicyclic) bond motifs is 1. The van der Waals surface area contributed by atoms with Crippen molar-refractivity contribution in [3.8, 4) is 0 Å². The number of amides is 1. The number of carbonyl (C=O) groups excluding carboxylic acids is 1. The van der Waals surface area contributed by atoms with Gasteiger partial charge in [-0.05, 0) is 35.0 Å². The Bertz CT molecular complexity index is 1350. The monoisotopic (exact) mass is 443 g/mol. The lowest BCUT2D eigenvalue weighted by Crippen LogP contribution is -2.39. The zero-order chi connectivity index (χ0) is 22.4. The first-order chi connectivity index (χ1) is 15.6. The lowest BCUT2D eigenvalue weighted by Gasteiger charge is -2.23. The maximum atomic E-state index is 13.2. The molecule has 0 saturated heterocycles. The third-order valence-corrected chi connectivity index (χ3v) is 6.67. The third kappa shape index (κ3) is 4.68. The van der Waals surface area contributed by atoms with Crippen molar-refractivity contribution < 1.29 is 13.2 Å². The number of anilines is 1. The molecule has 1 amide bonds. The van der Waals surface area contributed by atoms with Gasteiger partial charge in [-0.1, -0.05) is 78.9 Å². The van der Waals surface area contributed by atoms with Crippen molar-refractivity contribution in [2.45, 2.75) is 4.90 Å². The molecule has 0 unspecified atom stereocenters. The van der Waals surface area contributed by atoms with Crippen LogP contribution >= 0.6 is 0 Å². The third-order valence-electron chi connectivity index (χ3n) is 4.88. The molecule has 1 N–H and O–H groups in total. The van der Waals surface area contributed by atoms with Crippen LogP contribution in [0.2, 0.25) is 0 Å². The van der Waals surface area contributed by atoms with Crippen molar-refractivity contribution in [3.05, 3.63) is 109 Å². The summed E-state index contributed by atoms with van der Waals surface area (Å²) in [5, 5.41) is 6.11. The van der Waals surface area contributed by atoms with Crippen molar-refractivity contribution >= 4 is 38.6 Å². The molecular formula is C25H21N3O3S. The SMILES string of the molecule is O=C(CN(c1ccccc1)S(=O)(=O)c1ccccc1)NN=Cc1cccc2ccccc12. The molecule has 0 fully saturated rings. The van der Waals surface area contributed by atoms with Gasteiger partial charge in [0.25, 0.3) is 15.9 Å². The van der Waals surface area contributed by atoms with Gasteiger partial charge in [0.2, 0.25) is 0 Å². The zero-order valence-corrected chi connectivity index (χ0v) is 17.9. The minimum absolute atomic E-state index is 0.107. The number of rotatable bonds is 7. The highest BCUT2D eigenvalue weighted by Crippen LogP contribution is 2.23. The second kappa shape index (κ2) is 9.45. The van der Waals surface area contributed by atoms with Gasteiger partial charge in [0.05, 0.1) is 16.8 Å². The summed E-state index contributed by atoms with van der Waals surface area (Å²) >= 11 is 0. The van der Waals surface area contributed by atoms with E-state index < -0.39 is 22.5 Å². The van der Waals surface area contributed by atoms with E-state index in [2.05, 4.69) is 10.5 Å². The Balaban J connectivity index is 1.55. The minimum atomic E-state index is -3.93. The van der Waals surface area contributed by atoms with E-state index in [1.54, 1.807) is 54.7 Å². The van der Waals surface area contributed by atoms with Gasteiger partial charge in [-0.25, -0.2) is 13.8 Å². The topological polar surface area (TPSA) is 78.8 Å². The van der Waals surface area contributed by atoms with E-state index >= 15 is 0 Å². The molecule has 0 saturated carbocycles. The van der Waals surface area contributed by atoms with E-state index in [4.69, 9.17) is 0 Å². The molecule has 0 atom stereocenters. The van der Waals surface area contributed by atoms with Crippen LogP contribution in [0.3, 0.4) is 0 Å². The second-order valence-electron chi connectivity index (χ2n) is 7.02.